The van der Waals surface area contributed by atoms with Gasteiger partial charge in [0.15, 0.2) is 5.82 Å². The smallest absolute Gasteiger partial charge is 0.158 e. The molecule has 0 saturated heterocycles. The molecule has 33 heavy (non-hydrogen) atoms. The van der Waals surface area contributed by atoms with E-state index in [1.807, 2.05) is 36.7 Å². The van der Waals surface area contributed by atoms with Gasteiger partial charge in [-0.1, -0.05) is 6.07 Å². The van der Waals surface area contributed by atoms with Gasteiger partial charge in [-0.15, -0.1) is 49.6 Å². The van der Waals surface area contributed by atoms with Crippen LogP contribution in [0, 0.1) is 0 Å². The number of hydrogen-bond acceptors (Lipinski definition) is 5. The van der Waals surface area contributed by atoms with Gasteiger partial charge in [-0.3, -0.25) is 4.98 Å². The molecule has 0 atom stereocenters. The van der Waals surface area contributed by atoms with Crippen LogP contribution in [0.4, 0.5) is 11.5 Å². The first-order valence-electron chi connectivity index (χ1n) is 9.57. The standard InChI is InChI=1S/C22H21N7.4ClH/c23-8-12-28-11-7-19-21(28)22(26-15-25-19)27-17-4-5-20-16(13-17)6-10-29(20)14-18-3-1-2-9-24-18;;;;/h1-7,9-11,13,15H,8,12,14,23H2,(H,25,26,27);4*1H. The monoisotopic (exact) mass is 527 g/mol. The molecular weight excluding hydrogens is 504 g/mol. The van der Waals surface area contributed by atoms with Crippen LogP contribution in [0.2, 0.25) is 0 Å². The zero-order valence-corrected chi connectivity index (χ0v) is 20.8. The molecule has 3 N–H and O–H groups in total. The maximum atomic E-state index is 5.74. The number of hydrogen-bond donors (Lipinski definition) is 2. The molecule has 0 aliphatic carbocycles. The zero-order valence-electron chi connectivity index (χ0n) is 17.5. The van der Waals surface area contributed by atoms with Crippen LogP contribution in [-0.2, 0) is 13.1 Å². The second kappa shape index (κ2) is 12.6. The van der Waals surface area contributed by atoms with Crippen LogP contribution in [0.5, 0.6) is 0 Å². The average molecular weight is 529 g/mol. The van der Waals surface area contributed by atoms with Crippen molar-refractivity contribution in [2.75, 3.05) is 11.9 Å². The number of nitrogens with one attached hydrogen (secondary N) is 1. The van der Waals surface area contributed by atoms with Gasteiger partial charge in [-0.2, -0.15) is 0 Å². The predicted molar refractivity (Wildman–Crippen MR) is 144 cm³/mol. The van der Waals surface area contributed by atoms with Gasteiger partial charge < -0.3 is 20.2 Å². The summed E-state index contributed by atoms with van der Waals surface area (Å²) in [6, 6.07) is 16.4. The number of benzene rings is 1. The summed E-state index contributed by atoms with van der Waals surface area (Å²) in [4.78, 5) is 13.2. The lowest BCUT2D eigenvalue weighted by Crippen LogP contribution is -2.10. The Balaban J connectivity index is 0.00000136. The number of aromatic nitrogens is 5. The van der Waals surface area contributed by atoms with Crippen LogP contribution in [-0.4, -0.2) is 30.6 Å². The topological polar surface area (TPSA) is 86.6 Å². The summed E-state index contributed by atoms with van der Waals surface area (Å²) in [7, 11) is 0. The van der Waals surface area contributed by atoms with Gasteiger partial charge in [0.25, 0.3) is 0 Å². The number of fused-ring (bicyclic) bond motifs is 2. The van der Waals surface area contributed by atoms with Crippen molar-refractivity contribution in [1.82, 2.24) is 24.1 Å². The van der Waals surface area contributed by atoms with E-state index in [1.165, 1.54) is 5.52 Å². The van der Waals surface area contributed by atoms with Crippen LogP contribution in [0.15, 0.2) is 73.4 Å². The molecular formula is C22H25Cl4N7. The van der Waals surface area contributed by atoms with Gasteiger partial charge in [-0.05, 0) is 42.5 Å². The molecule has 0 amide bonds. The number of anilines is 2. The minimum atomic E-state index is 0. The minimum Gasteiger partial charge on any atom is -0.342 e. The Hall–Kier alpha value is -2.55. The number of nitrogens with zero attached hydrogens (tertiary/aromatic N) is 5. The van der Waals surface area contributed by atoms with E-state index < -0.39 is 0 Å². The Labute approximate surface area is 216 Å². The lowest BCUT2D eigenvalue weighted by Gasteiger charge is -2.11. The highest BCUT2D eigenvalue weighted by molar-refractivity contribution is 5.90. The molecule has 0 bridgehead atoms. The summed E-state index contributed by atoms with van der Waals surface area (Å²) < 4.78 is 4.29. The second-order valence-electron chi connectivity index (χ2n) is 6.92. The highest BCUT2D eigenvalue weighted by Gasteiger charge is 2.10. The van der Waals surface area contributed by atoms with E-state index in [0.717, 1.165) is 46.7 Å². The van der Waals surface area contributed by atoms with E-state index in [0.29, 0.717) is 6.54 Å². The summed E-state index contributed by atoms with van der Waals surface area (Å²) in [6.45, 7) is 2.03. The van der Waals surface area contributed by atoms with Crippen molar-refractivity contribution in [2.24, 2.45) is 5.73 Å². The Morgan fingerprint density at radius 2 is 1.67 bits per heavy atom. The minimum absolute atomic E-state index is 0. The number of halogens is 4. The molecule has 0 saturated carbocycles. The van der Waals surface area contributed by atoms with E-state index in [4.69, 9.17) is 5.73 Å². The maximum Gasteiger partial charge on any atom is 0.158 e. The predicted octanol–water partition coefficient (Wildman–Crippen LogP) is 5.22. The van der Waals surface area contributed by atoms with Crippen molar-refractivity contribution < 1.29 is 0 Å². The van der Waals surface area contributed by atoms with Gasteiger partial charge >= 0.3 is 0 Å². The average Bonchev–Trinajstić information content (AvgIpc) is 3.34. The highest BCUT2D eigenvalue weighted by Crippen LogP contribution is 2.27. The van der Waals surface area contributed by atoms with Crippen molar-refractivity contribution >= 4 is 83.1 Å². The van der Waals surface area contributed by atoms with Crippen LogP contribution >= 0.6 is 49.6 Å². The fraction of sp³-hybridized carbons (Fsp3) is 0.136. The Kier molecular flexibility index (Phi) is 10.9. The fourth-order valence-electron chi connectivity index (χ4n) is 3.67. The van der Waals surface area contributed by atoms with Crippen LogP contribution in [0.3, 0.4) is 0 Å². The third-order valence-electron chi connectivity index (χ3n) is 5.01. The van der Waals surface area contributed by atoms with Crippen molar-refractivity contribution in [2.45, 2.75) is 13.1 Å². The molecule has 4 heterocycles. The molecule has 1 aromatic carbocycles. The van der Waals surface area contributed by atoms with Crippen molar-refractivity contribution in [3.05, 3.63) is 79.1 Å². The summed E-state index contributed by atoms with van der Waals surface area (Å²) in [6.07, 6.45) is 7.50. The Morgan fingerprint density at radius 3 is 2.42 bits per heavy atom. The molecule has 4 aromatic heterocycles. The number of nitrogens with two attached hydrogens (primary N) is 1. The number of pyridine rings is 1. The van der Waals surface area contributed by atoms with Crippen molar-refractivity contribution in [1.29, 1.82) is 0 Å². The Bertz CT molecular complexity index is 1290. The van der Waals surface area contributed by atoms with Crippen molar-refractivity contribution in [3.63, 3.8) is 0 Å². The lowest BCUT2D eigenvalue weighted by molar-refractivity contribution is 0.735. The molecule has 176 valence electrons. The quantitative estimate of drug-likeness (QED) is 0.315. The SMILES string of the molecule is Cl.Cl.Cl.Cl.NCCn1ccc2ncnc(Nc3ccc4c(ccn4Cc4ccccn4)c3)c21. The molecule has 0 radical (unpaired) electrons. The van der Waals surface area contributed by atoms with Gasteiger partial charge in [0.2, 0.25) is 0 Å². The molecule has 0 unspecified atom stereocenters. The van der Waals surface area contributed by atoms with E-state index in [2.05, 4.69) is 59.9 Å². The molecule has 0 spiro atoms. The van der Waals surface area contributed by atoms with Gasteiger partial charge in [0.05, 0.1) is 17.8 Å². The fourth-order valence-corrected chi connectivity index (χ4v) is 3.67. The van der Waals surface area contributed by atoms with E-state index in [-0.39, 0.29) is 49.6 Å². The van der Waals surface area contributed by atoms with Gasteiger partial charge in [0, 0.05) is 48.3 Å². The normalized spacial score (nSPS) is 9.97. The van der Waals surface area contributed by atoms with E-state index >= 15 is 0 Å². The van der Waals surface area contributed by atoms with Crippen LogP contribution < -0.4 is 11.1 Å². The van der Waals surface area contributed by atoms with E-state index in [9.17, 15) is 0 Å². The molecule has 7 nitrogen and oxygen atoms in total. The molecule has 5 rings (SSSR count). The summed E-state index contributed by atoms with van der Waals surface area (Å²) >= 11 is 0. The van der Waals surface area contributed by atoms with Crippen LogP contribution in [0.1, 0.15) is 5.69 Å². The molecule has 11 heteroatoms. The summed E-state index contributed by atoms with van der Waals surface area (Å²) in [5, 5.41) is 4.61. The van der Waals surface area contributed by atoms with Gasteiger partial charge in [0.1, 0.15) is 11.8 Å². The Morgan fingerprint density at radius 1 is 0.848 bits per heavy atom. The summed E-state index contributed by atoms with van der Waals surface area (Å²) in [5.41, 5.74) is 10.8. The van der Waals surface area contributed by atoms with Crippen LogP contribution in [0.25, 0.3) is 21.9 Å². The first-order chi connectivity index (χ1) is 14.3. The van der Waals surface area contributed by atoms with Crippen molar-refractivity contribution in [3.8, 4) is 0 Å². The molecule has 5 aromatic rings. The lowest BCUT2D eigenvalue weighted by atomic mass is 10.2. The third-order valence-corrected chi connectivity index (χ3v) is 5.01. The maximum absolute atomic E-state index is 5.74. The number of rotatable bonds is 6. The zero-order chi connectivity index (χ0) is 19.6. The first kappa shape index (κ1) is 28.5. The largest absolute Gasteiger partial charge is 0.342 e. The second-order valence-corrected chi connectivity index (χ2v) is 6.92. The van der Waals surface area contributed by atoms with E-state index in [1.54, 1.807) is 6.33 Å². The highest BCUT2D eigenvalue weighted by atomic mass is 35.5. The first-order valence-corrected chi connectivity index (χ1v) is 9.57. The summed E-state index contributed by atoms with van der Waals surface area (Å²) in [5.74, 6) is 0.778. The molecule has 0 fully saturated rings. The molecule has 0 aliphatic rings. The molecule has 0 aliphatic heterocycles. The van der Waals surface area contributed by atoms with Gasteiger partial charge in [-0.25, -0.2) is 9.97 Å². The third kappa shape index (κ3) is 5.88.